The molecular formula is C25H21Cl3N4O2S. The van der Waals surface area contributed by atoms with Gasteiger partial charge in [0.05, 0.1) is 17.3 Å². The van der Waals surface area contributed by atoms with Gasteiger partial charge in [0, 0.05) is 15.8 Å². The lowest BCUT2D eigenvalue weighted by Crippen LogP contribution is -2.29. The van der Waals surface area contributed by atoms with Crippen LogP contribution in [0.3, 0.4) is 0 Å². The molecule has 10 heteroatoms. The van der Waals surface area contributed by atoms with Crippen LogP contribution in [0.25, 0.3) is 5.69 Å². The third kappa shape index (κ3) is 6.70. The number of aromatic nitrogens is 3. The first-order valence-corrected chi connectivity index (χ1v) is 12.7. The average molecular weight is 548 g/mol. The quantitative estimate of drug-likeness (QED) is 0.242. The third-order valence-electron chi connectivity index (χ3n) is 5.09. The Morgan fingerprint density at radius 3 is 2.51 bits per heavy atom. The van der Waals surface area contributed by atoms with E-state index >= 15 is 0 Å². The number of hydrogen-bond donors (Lipinski definition) is 1. The van der Waals surface area contributed by atoms with Gasteiger partial charge in [-0.15, -0.1) is 10.2 Å². The van der Waals surface area contributed by atoms with E-state index in [0.717, 1.165) is 0 Å². The number of nitrogens with zero attached hydrogens (tertiary/aromatic N) is 3. The van der Waals surface area contributed by atoms with Crippen molar-refractivity contribution >= 4 is 52.5 Å². The number of thioether (sulfide) groups is 1. The molecule has 1 N–H and O–H groups in total. The van der Waals surface area contributed by atoms with Crippen LogP contribution in [0.2, 0.25) is 15.1 Å². The van der Waals surface area contributed by atoms with Gasteiger partial charge in [0.25, 0.3) is 5.91 Å². The fraction of sp³-hybridized carbons (Fsp3) is 0.160. The van der Waals surface area contributed by atoms with Gasteiger partial charge in [-0.2, -0.15) is 0 Å². The smallest absolute Gasteiger partial charge is 0.258 e. The predicted molar refractivity (Wildman–Crippen MR) is 141 cm³/mol. The molecule has 0 atom stereocenters. The maximum Gasteiger partial charge on any atom is 0.258 e. The molecule has 1 amide bonds. The molecule has 0 saturated heterocycles. The van der Waals surface area contributed by atoms with Crippen LogP contribution < -0.4 is 10.1 Å². The van der Waals surface area contributed by atoms with Gasteiger partial charge in [0.2, 0.25) is 0 Å². The molecule has 3 aromatic carbocycles. The summed E-state index contributed by atoms with van der Waals surface area (Å²) in [6.45, 7) is 2.05. The fourth-order valence-electron chi connectivity index (χ4n) is 3.23. The lowest BCUT2D eigenvalue weighted by Gasteiger charge is -2.13. The first-order chi connectivity index (χ1) is 16.9. The minimum absolute atomic E-state index is 0.129. The molecule has 0 aliphatic rings. The molecule has 4 rings (SSSR count). The Morgan fingerprint density at radius 2 is 1.74 bits per heavy atom. The normalized spacial score (nSPS) is 10.9. The average Bonchev–Trinajstić information content (AvgIpc) is 3.26. The van der Waals surface area contributed by atoms with E-state index in [-0.39, 0.29) is 19.1 Å². The largest absolute Gasteiger partial charge is 0.484 e. The summed E-state index contributed by atoms with van der Waals surface area (Å²) < 4.78 is 7.33. The van der Waals surface area contributed by atoms with Crippen molar-refractivity contribution in [1.29, 1.82) is 0 Å². The summed E-state index contributed by atoms with van der Waals surface area (Å²) >= 11 is 20.2. The SMILES string of the molecule is Cc1ccccc1CSc1nnc(CNC(=O)COc2ccc(Cl)cc2)n1-c1cc(Cl)ccc1Cl. The molecule has 0 spiro atoms. The van der Waals surface area contributed by atoms with Crippen LogP contribution in [0.1, 0.15) is 17.0 Å². The molecule has 4 aromatic rings. The fourth-order valence-corrected chi connectivity index (χ4v) is 4.76. The lowest BCUT2D eigenvalue weighted by molar-refractivity contribution is -0.123. The number of hydrogen-bond acceptors (Lipinski definition) is 5. The molecular weight excluding hydrogens is 527 g/mol. The van der Waals surface area contributed by atoms with Crippen molar-refractivity contribution in [2.75, 3.05) is 6.61 Å². The highest BCUT2D eigenvalue weighted by molar-refractivity contribution is 7.98. The molecule has 0 fully saturated rings. The highest BCUT2D eigenvalue weighted by Crippen LogP contribution is 2.31. The van der Waals surface area contributed by atoms with Gasteiger partial charge >= 0.3 is 0 Å². The number of amides is 1. The number of rotatable bonds is 9. The van der Waals surface area contributed by atoms with E-state index < -0.39 is 0 Å². The first-order valence-electron chi connectivity index (χ1n) is 10.6. The Kier molecular flexibility index (Phi) is 8.57. The Balaban J connectivity index is 1.51. The molecule has 6 nitrogen and oxygen atoms in total. The van der Waals surface area contributed by atoms with Gasteiger partial charge in [0.1, 0.15) is 5.75 Å². The molecule has 35 heavy (non-hydrogen) atoms. The van der Waals surface area contributed by atoms with Crippen LogP contribution in [0.15, 0.2) is 71.9 Å². The van der Waals surface area contributed by atoms with Gasteiger partial charge in [0.15, 0.2) is 17.6 Å². The Bertz CT molecular complexity index is 1330. The molecule has 180 valence electrons. The maximum absolute atomic E-state index is 12.4. The van der Waals surface area contributed by atoms with Crippen LogP contribution in [0.4, 0.5) is 0 Å². The first kappa shape index (κ1) is 25.4. The summed E-state index contributed by atoms with van der Waals surface area (Å²) in [5.41, 5.74) is 3.02. The van der Waals surface area contributed by atoms with Crippen LogP contribution in [0.5, 0.6) is 5.75 Å². The van der Waals surface area contributed by atoms with E-state index in [9.17, 15) is 4.79 Å². The molecule has 1 aromatic heterocycles. The van der Waals surface area contributed by atoms with E-state index in [1.165, 1.54) is 22.9 Å². The number of halogens is 3. The molecule has 0 aliphatic carbocycles. The third-order valence-corrected chi connectivity index (χ3v) is 6.88. The van der Waals surface area contributed by atoms with Crippen LogP contribution in [0, 0.1) is 6.92 Å². The van der Waals surface area contributed by atoms with E-state index in [1.54, 1.807) is 42.5 Å². The standard InChI is InChI=1S/C25H21Cl3N4O2S/c1-16-4-2-3-5-17(16)15-35-25-31-30-23(32(25)22-12-19(27)8-11-21(22)28)13-29-24(33)14-34-20-9-6-18(26)7-10-20/h2-12H,13-15H2,1H3,(H,29,33). The molecule has 0 saturated carbocycles. The number of nitrogens with one attached hydrogen (secondary N) is 1. The minimum atomic E-state index is -0.305. The molecule has 0 radical (unpaired) electrons. The van der Waals surface area contributed by atoms with E-state index in [1.807, 2.05) is 16.7 Å². The van der Waals surface area contributed by atoms with E-state index in [0.29, 0.717) is 43.2 Å². The van der Waals surface area contributed by atoms with Gasteiger partial charge in [-0.1, -0.05) is 70.8 Å². The minimum Gasteiger partial charge on any atom is -0.484 e. The molecule has 0 aliphatic heterocycles. The Labute approximate surface area is 222 Å². The van der Waals surface area contributed by atoms with Crippen molar-refractivity contribution < 1.29 is 9.53 Å². The van der Waals surface area contributed by atoms with Crippen LogP contribution in [-0.4, -0.2) is 27.3 Å². The lowest BCUT2D eigenvalue weighted by atomic mass is 10.1. The van der Waals surface area contributed by atoms with Crippen LogP contribution >= 0.6 is 46.6 Å². The highest BCUT2D eigenvalue weighted by Gasteiger charge is 2.18. The number of ether oxygens (including phenoxy) is 1. The zero-order valence-corrected chi connectivity index (χ0v) is 21.8. The number of carbonyl (C=O) groups excluding carboxylic acids is 1. The molecule has 0 bridgehead atoms. The predicted octanol–water partition coefficient (Wildman–Crippen LogP) is 6.52. The van der Waals surface area contributed by atoms with E-state index in [2.05, 4.69) is 34.6 Å². The van der Waals surface area contributed by atoms with Crippen molar-refractivity contribution in [2.45, 2.75) is 24.4 Å². The monoisotopic (exact) mass is 546 g/mol. The van der Waals surface area contributed by atoms with Crippen molar-refractivity contribution in [3.05, 3.63) is 98.7 Å². The summed E-state index contributed by atoms with van der Waals surface area (Å²) in [6.07, 6.45) is 0. The number of aryl methyl sites for hydroxylation is 1. The number of carbonyl (C=O) groups is 1. The van der Waals surface area contributed by atoms with Gasteiger partial charge in [-0.25, -0.2) is 0 Å². The van der Waals surface area contributed by atoms with Crippen molar-refractivity contribution in [2.24, 2.45) is 0 Å². The number of benzene rings is 3. The Morgan fingerprint density at radius 1 is 1.00 bits per heavy atom. The molecule has 0 unspecified atom stereocenters. The molecule has 1 heterocycles. The summed E-state index contributed by atoms with van der Waals surface area (Å²) in [5, 5.41) is 13.8. The summed E-state index contributed by atoms with van der Waals surface area (Å²) in [7, 11) is 0. The zero-order chi connectivity index (χ0) is 24.8. The maximum atomic E-state index is 12.4. The zero-order valence-electron chi connectivity index (χ0n) is 18.7. The highest BCUT2D eigenvalue weighted by atomic mass is 35.5. The topological polar surface area (TPSA) is 69.0 Å². The van der Waals surface area contributed by atoms with Gasteiger partial charge in [-0.05, 0) is 60.5 Å². The van der Waals surface area contributed by atoms with E-state index in [4.69, 9.17) is 39.5 Å². The van der Waals surface area contributed by atoms with Gasteiger partial charge in [-0.3, -0.25) is 9.36 Å². The second kappa shape index (κ2) is 11.8. The summed E-state index contributed by atoms with van der Waals surface area (Å²) in [4.78, 5) is 12.4. The summed E-state index contributed by atoms with van der Waals surface area (Å²) in [5.74, 6) is 1.46. The second-order valence-corrected chi connectivity index (χ2v) is 9.79. The Hall–Kier alpha value is -2.71. The summed E-state index contributed by atoms with van der Waals surface area (Å²) in [6, 6.07) is 20.1. The van der Waals surface area contributed by atoms with Gasteiger partial charge < -0.3 is 10.1 Å². The second-order valence-electron chi connectivity index (χ2n) is 7.56. The van der Waals surface area contributed by atoms with Crippen LogP contribution in [-0.2, 0) is 17.1 Å². The van der Waals surface area contributed by atoms with Crippen molar-refractivity contribution in [3.8, 4) is 11.4 Å². The van der Waals surface area contributed by atoms with Crippen molar-refractivity contribution in [3.63, 3.8) is 0 Å². The van der Waals surface area contributed by atoms with Crippen molar-refractivity contribution in [1.82, 2.24) is 20.1 Å².